The first-order valence-corrected chi connectivity index (χ1v) is 8.85. The van der Waals surface area contributed by atoms with Crippen LogP contribution in [0, 0.1) is 18.8 Å². The number of carbonyl (C=O) groups excluding carboxylic acids is 2. The van der Waals surface area contributed by atoms with E-state index in [9.17, 15) is 9.59 Å². The lowest BCUT2D eigenvalue weighted by Crippen LogP contribution is -2.29. The molecule has 2 aromatic rings. The second kappa shape index (κ2) is 8.04. The third-order valence-corrected chi connectivity index (χ3v) is 4.62. The lowest BCUT2D eigenvalue weighted by atomic mass is 10.1. The van der Waals surface area contributed by atoms with Gasteiger partial charge in [-0.3, -0.25) is 9.59 Å². The molecule has 1 fully saturated rings. The van der Waals surface area contributed by atoms with E-state index >= 15 is 0 Å². The number of anilines is 1. The van der Waals surface area contributed by atoms with Crippen molar-refractivity contribution >= 4 is 17.5 Å². The van der Waals surface area contributed by atoms with Gasteiger partial charge >= 0.3 is 0 Å². The number of benzene rings is 2. The number of amides is 2. The molecule has 2 unspecified atom stereocenters. The van der Waals surface area contributed by atoms with Gasteiger partial charge in [0.2, 0.25) is 11.8 Å². The first-order chi connectivity index (χ1) is 12.6. The molecule has 0 bridgehead atoms. The van der Waals surface area contributed by atoms with Crippen molar-refractivity contribution in [3.63, 3.8) is 0 Å². The largest absolute Gasteiger partial charge is 0.497 e. The van der Waals surface area contributed by atoms with Crippen LogP contribution in [-0.2, 0) is 16.0 Å². The van der Waals surface area contributed by atoms with Crippen LogP contribution in [0.3, 0.4) is 0 Å². The maximum absolute atomic E-state index is 12.3. The molecule has 1 aliphatic carbocycles. The van der Waals surface area contributed by atoms with Gasteiger partial charge in [0, 0.05) is 12.2 Å². The molecule has 0 radical (unpaired) electrons. The molecule has 136 valence electrons. The molecule has 2 amide bonds. The zero-order valence-corrected chi connectivity index (χ0v) is 15.1. The van der Waals surface area contributed by atoms with Gasteiger partial charge in [-0.15, -0.1) is 0 Å². The summed E-state index contributed by atoms with van der Waals surface area (Å²) in [5.41, 5.74) is 3.00. The summed E-state index contributed by atoms with van der Waals surface area (Å²) in [6.45, 7) is 2.54. The average molecular weight is 352 g/mol. The second-order valence-electron chi connectivity index (χ2n) is 6.70. The molecule has 1 saturated carbocycles. The fourth-order valence-electron chi connectivity index (χ4n) is 2.99. The predicted octanol–water partition coefficient (Wildman–Crippen LogP) is 2.94. The molecule has 2 aromatic carbocycles. The highest BCUT2D eigenvalue weighted by molar-refractivity contribution is 5.99. The summed E-state index contributed by atoms with van der Waals surface area (Å²) in [7, 11) is 1.64. The molecular formula is C21H24N2O3. The summed E-state index contributed by atoms with van der Waals surface area (Å²) < 4.78 is 5.13. The minimum absolute atomic E-state index is 0.0390. The molecule has 2 N–H and O–H groups in total. The van der Waals surface area contributed by atoms with Gasteiger partial charge in [-0.2, -0.15) is 0 Å². The van der Waals surface area contributed by atoms with E-state index in [-0.39, 0.29) is 23.7 Å². The number of nitrogens with one attached hydrogen (secondary N) is 2. The Labute approximate surface area is 153 Å². The van der Waals surface area contributed by atoms with E-state index in [1.807, 2.05) is 55.5 Å². The molecule has 5 heteroatoms. The Balaban J connectivity index is 1.41. The summed E-state index contributed by atoms with van der Waals surface area (Å²) in [5.74, 6) is 0.263. The monoisotopic (exact) mass is 352 g/mol. The molecule has 5 nitrogen and oxygen atoms in total. The van der Waals surface area contributed by atoms with Gasteiger partial charge in [-0.05, 0) is 55.2 Å². The van der Waals surface area contributed by atoms with Gasteiger partial charge in [-0.25, -0.2) is 0 Å². The average Bonchev–Trinajstić information content (AvgIpc) is 3.43. The number of carbonyl (C=O) groups is 2. The lowest BCUT2D eigenvalue weighted by molar-refractivity contribution is -0.125. The standard InChI is InChI=1S/C21H24N2O3/c1-14-4-3-5-16(12-14)23-21(25)19-13-18(19)20(24)22-11-10-15-6-8-17(26-2)9-7-15/h3-9,12,18-19H,10-11,13H2,1-2H3,(H,22,24)(H,23,25). The Bertz CT molecular complexity index is 786. The SMILES string of the molecule is COc1ccc(CCNC(=O)C2CC2C(=O)Nc2cccc(C)c2)cc1. The van der Waals surface area contributed by atoms with Crippen LogP contribution in [0.5, 0.6) is 5.75 Å². The van der Waals surface area contributed by atoms with Gasteiger partial charge in [0.1, 0.15) is 5.75 Å². The van der Waals surface area contributed by atoms with E-state index < -0.39 is 0 Å². The predicted molar refractivity (Wildman–Crippen MR) is 101 cm³/mol. The third kappa shape index (κ3) is 4.63. The first-order valence-electron chi connectivity index (χ1n) is 8.85. The van der Waals surface area contributed by atoms with Crippen LogP contribution in [-0.4, -0.2) is 25.5 Å². The van der Waals surface area contributed by atoms with E-state index in [0.29, 0.717) is 13.0 Å². The van der Waals surface area contributed by atoms with Gasteiger partial charge < -0.3 is 15.4 Å². The Morgan fingerprint density at radius 1 is 1.08 bits per heavy atom. The number of hydrogen-bond donors (Lipinski definition) is 2. The van der Waals surface area contributed by atoms with E-state index in [0.717, 1.165) is 29.0 Å². The normalized spacial score (nSPS) is 18.1. The molecule has 26 heavy (non-hydrogen) atoms. The van der Waals surface area contributed by atoms with E-state index in [2.05, 4.69) is 10.6 Å². The summed E-state index contributed by atoms with van der Waals surface area (Å²) >= 11 is 0. The van der Waals surface area contributed by atoms with Gasteiger partial charge in [0.05, 0.1) is 18.9 Å². The van der Waals surface area contributed by atoms with Crippen molar-refractivity contribution in [2.45, 2.75) is 19.8 Å². The van der Waals surface area contributed by atoms with E-state index in [4.69, 9.17) is 4.74 Å². The molecule has 0 heterocycles. The quantitative estimate of drug-likeness (QED) is 0.805. The summed E-state index contributed by atoms with van der Waals surface area (Å²) in [6, 6.07) is 15.4. The highest BCUT2D eigenvalue weighted by Gasteiger charge is 2.47. The van der Waals surface area contributed by atoms with Crippen molar-refractivity contribution in [3.05, 3.63) is 59.7 Å². The summed E-state index contributed by atoms with van der Waals surface area (Å²) in [4.78, 5) is 24.5. The minimum Gasteiger partial charge on any atom is -0.497 e. The van der Waals surface area contributed by atoms with Gasteiger partial charge in [0.25, 0.3) is 0 Å². The zero-order chi connectivity index (χ0) is 18.5. The van der Waals surface area contributed by atoms with Crippen molar-refractivity contribution in [3.8, 4) is 5.75 Å². The Morgan fingerprint density at radius 3 is 2.50 bits per heavy atom. The van der Waals surface area contributed by atoms with E-state index in [1.54, 1.807) is 7.11 Å². The van der Waals surface area contributed by atoms with Crippen LogP contribution >= 0.6 is 0 Å². The molecule has 3 rings (SSSR count). The van der Waals surface area contributed by atoms with Crippen molar-refractivity contribution in [2.75, 3.05) is 19.0 Å². The Hall–Kier alpha value is -2.82. The lowest BCUT2D eigenvalue weighted by Gasteiger charge is -2.07. The summed E-state index contributed by atoms with van der Waals surface area (Å²) in [6.07, 6.45) is 1.37. The molecule has 0 aliphatic heterocycles. The molecule has 0 aromatic heterocycles. The first kappa shape index (κ1) is 18.0. The maximum atomic E-state index is 12.3. The van der Waals surface area contributed by atoms with Crippen LogP contribution in [0.1, 0.15) is 17.5 Å². The topological polar surface area (TPSA) is 67.4 Å². The molecular weight excluding hydrogens is 328 g/mol. The number of aryl methyl sites for hydroxylation is 1. The second-order valence-corrected chi connectivity index (χ2v) is 6.70. The Morgan fingerprint density at radius 2 is 1.81 bits per heavy atom. The molecule has 0 spiro atoms. The van der Waals surface area contributed by atoms with Crippen LogP contribution in [0.15, 0.2) is 48.5 Å². The number of methoxy groups -OCH3 is 1. The fourth-order valence-corrected chi connectivity index (χ4v) is 2.99. The Kier molecular flexibility index (Phi) is 5.56. The van der Waals surface area contributed by atoms with Crippen LogP contribution < -0.4 is 15.4 Å². The number of hydrogen-bond acceptors (Lipinski definition) is 3. The van der Waals surface area contributed by atoms with Crippen molar-refractivity contribution < 1.29 is 14.3 Å². The van der Waals surface area contributed by atoms with Crippen molar-refractivity contribution in [1.29, 1.82) is 0 Å². The third-order valence-electron chi connectivity index (χ3n) is 4.62. The van der Waals surface area contributed by atoms with Crippen molar-refractivity contribution in [2.24, 2.45) is 11.8 Å². The number of rotatable bonds is 7. The zero-order valence-electron chi connectivity index (χ0n) is 15.1. The molecule has 2 atom stereocenters. The maximum Gasteiger partial charge on any atom is 0.228 e. The van der Waals surface area contributed by atoms with Crippen LogP contribution in [0.2, 0.25) is 0 Å². The van der Waals surface area contributed by atoms with Gasteiger partial charge in [-0.1, -0.05) is 24.3 Å². The highest BCUT2D eigenvalue weighted by atomic mass is 16.5. The minimum atomic E-state index is -0.225. The number of ether oxygens (including phenoxy) is 1. The van der Waals surface area contributed by atoms with E-state index in [1.165, 1.54) is 0 Å². The molecule has 1 aliphatic rings. The summed E-state index contributed by atoms with van der Waals surface area (Å²) in [5, 5.41) is 5.82. The van der Waals surface area contributed by atoms with Gasteiger partial charge in [0.15, 0.2) is 0 Å². The van der Waals surface area contributed by atoms with Crippen LogP contribution in [0.25, 0.3) is 0 Å². The van der Waals surface area contributed by atoms with Crippen LogP contribution in [0.4, 0.5) is 5.69 Å². The van der Waals surface area contributed by atoms with Crippen molar-refractivity contribution in [1.82, 2.24) is 5.32 Å². The molecule has 0 saturated heterocycles. The fraction of sp³-hybridized carbons (Fsp3) is 0.333. The highest BCUT2D eigenvalue weighted by Crippen LogP contribution is 2.39. The smallest absolute Gasteiger partial charge is 0.228 e.